The van der Waals surface area contributed by atoms with Crippen molar-refractivity contribution in [3.8, 4) is 5.75 Å². The fourth-order valence-corrected chi connectivity index (χ4v) is 2.55. The summed E-state index contributed by atoms with van der Waals surface area (Å²) in [6.07, 6.45) is 3.32. The Bertz CT molecular complexity index is 803. The van der Waals surface area contributed by atoms with Crippen LogP contribution in [-0.4, -0.2) is 11.0 Å². The van der Waals surface area contributed by atoms with Crippen LogP contribution in [0.4, 0.5) is 5.69 Å². The highest BCUT2D eigenvalue weighted by Crippen LogP contribution is 2.30. The van der Waals surface area contributed by atoms with Gasteiger partial charge in [0, 0.05) is 18.2 Å². The fourth-order valence-electron chi connectivity index (χ4n) is 2.55. The molecule has 1 amide bonds. The van der Waals surface area contributed by atoms with Gasteiger partial charge in [0.15, 0.2) is 0 Å². The van der Waals surface area contributed by atoms with Crippen molar-refractivity contribution in [2.75, 3.05) is 5.32 Å². The molecular weight excluding hydrogens is 278 g/mol. The number of nitrogens with one attached hydrogen (secondary N) is 1. The predicted octanol–water partition coefficient (Wildman–Crippen LogP) is 3.88. The summed E-state index contributed by atoms with van der Waals surface area (Å²) in [6, 6.07) is 13.1. The second kappa shape index (κ2) is 5.93. The maximum atomic E-state index is 11.0. The van der Waals surface area contributed by atoms with Crippen LogP contribution in [0.1, 0.15) is 18.1 Å². The summed E-state index contributed by atoms with van der Waals surface area (Å²) >= 11 is 0. The Kier molecular flexibility index (Phi) is 3.83. The summed E-state index contributed by atoms with van der Waals surface area (Å²) in [5.41, 5.74) is 3.66. The predicted molar refractivity (Wildman–Crippen MR) is 86.0 cm³/mol. The lowest BCUT2D eigenvalue weighted by molar-refractivity contribution is -0.114. The molecule has 2 aromatic carbocycles. The van der Waals surface area contributed by atoms with E-state index in [4.69, 9.17) is 4.42 Å². The molecule has 112 valence electrons. The summed E-state index contributed by atoms with van der Waals surface area (Å²) in [5, 5.41) is 13.5. The third-order valence-corrected chi connectivity index (χ3v) is 3.61. The fraction of sp³-hybridized carbons (Fsp3) is 0.167. The lowest BCUT2D eigenvalue weighted by atomic mass is 10.0. The van der Waals surface area contributed by atoms with Crippen molar-refractivity contribution < 1.29 is 14.3 Å². The molecule has 0 unspecified atom stereocenters. The second-order valence-electron chi connectivity index (χ2n) is 5.29. The van der Waals surface area contributed by atoms with E-state index >= 15 is 0 Å². The van der Waals surface area contributed by atoms with Crippen molar-refractivity contribution in [2.45, 2.75) is 19.8 Å². The zero-order valence-corrected chi connectivity index (χ0v) is 12.3. The van der Waals surface area contributed by atoms with E-state index in [-0.39, 0.29) is 11.7 Å². The van der Waals surface area contributed by atoms with Crippen LogP contribution in [0.2, 0.25) is 0 Å². The van der Waals surface area contributed by atoms with Gasteiger partial charge in [-0.3, -0.25) is 4.79 Å². The minimum Gasteiger partial charge on any atom is -0.507 e. The molecule has 0 bridgehead atoms. The van der Waals surface area contributed by atoms with Crippen LogP contribution in [0.25, 0.3) is 11.0 Å². The van der Waals surface area contributed by atoms with Crippen LogP contribution in [-0.2, 0) is 17.6 Å². The number of carbonyl (C=O) groups excluding carboxylic acids is 1. The van der Waals surface area contributed by atoms with E-state index in [1.54, 1.807) is 18.4 Å². The van der Waals surface area contributed by atoms with Gasteiger partial charge in [-0.15, -0.1) is 0 Å². The second-order valence-corrected chi connectivity index (χ2v) is 5.29. The van der Waals surface area contributed by atoms with Crippen molar-refractivity contribution in [1.82, 2.24) is 0 Å². The number of carbonyl (C=O) groups is 1. The van der Waals surface area contributed by atoms with Crippen molar-refractivity contribution >= 4 is 22.6 Å². The number of phenols is 1. The van der Waals surface area contributed by atoms with Gasteiger partial charge in [-0.05, 0) is 42.7 Å². The summed E-state index contributed by atoms with van der Waals surface area (Å²) in [6.45, 7) is 1.49. The van der Waals surface area contributed by atoms with Gasteiger partial charge in [0.1, 0.15) is 11.3 Å². The molecule has 0 saturated heterocycles. The van der Waals surface area contributed by atoms with E-state index < -0.39 is 0 Å². The minimum atomic E-state index is -0.0758. The number of hydrogen-bond donors (Lipinski definition) is 2. The highest BCUT2D eigenvalue weighted by Gasteiger charge is 2.09. The molecule has 0 aliphatic carbocycles. The Morgan fingerprint density at radius 3 is 2.64 bits per heavy atom. The summed E-state index contributed by atoms with van der Waals surface area (Å²) in [5.74, 6) is 0.176. The smallest absolute Gasteiger partial charge is 0.221 e. The molecule has 0 spiro atoms. The topological polar surface area (TPSA) is 62.5 Å². The Hall–Kier alpha value is -2.75. The molecule has 0 fully saturated rings. The van der Waals surface area contributed by atoms with E-state index in [2.05, 4.69) is 5.32 Å². The van der Waals surface area contributed by atoms with Crippen molar-refractivity contribution in [3.63, 3.8) is 0 Å². The molecule has 3 aromatic rings. The monoisotopic (exact) mass is 295 g/mol. The number of aromatic hydroxyl groups is 1. The molecule has 0 radical (unpaired) electrons. The summed E-state index contributed by atoms with van der Waals surface area (Å²) in [7, 11) is 0. The first kappa shape index (κ1) is 14.2. The molecule has 0 atom stereocenters. The summed E-state index contributed by atoms with van der Waals surface area (Å²) in [4.78, 5) is 11.0. The standard InChI is InChI=1S/C18H17NO3/c1-12(20)19-15-9-6-13(7-10-15)5-8-14-11-22-17-4-2-3-16(21)18(14)17/h2-4,6-7,9-11,21H,5,8H2,1H3,(H,19,20). The number of phenolic OH excluding ortho intramolecular Hbond substituents is 1. The molecule has 0 aliphatic heterocycles. The molecule has 3 rings (SSSR count). The number of amides is 1. The van der Waals surface area contributed by atoms with Gasteiger partial charge < -0.3 is 14.8 Å². The van der Waals surface area contributed by atoms with E-state index in [0.29, 0.717) is 5.58 Å². The third-order valence-electron chi connectivity index (χ3n) is 3.61. The van der Waals surface area contributed by atoms with Crippen LogP contribution in [0.5, 0.6) is 5.75 Å². The van der Waals surface area contributed by atoms with E-state index in [0.717, 1.165) is 29.5 Å². The van der Waals surface area contributed by atoms with E-state index in [1.807, 2.05) is 30.3 Å². The first-order chi connectivity index (χ1) is 10.6. The normalized spacial score (nSPS) is 10.8. The van der Waals surface area contributed by atoms with Crippen molar-refractivity contribution in [1.29, 1.82) is 0 Å². The van der Waals surface area contributed by atoms with Crippen LogP contribution in [0.15, 0.2) is 53.1 Å². The lowest BCUT2D eigenvalue weighted by Crippen LogP contribution is -2.05. The van der Waals surface area contributed by atoms with Crippen molar-refractivity contribution in [3.05, 3.63) is 59.9 Å². The number of fused-ring (bicyclic) bond motifs is 1. The lowest BCUT2D eigenvalue weighted by Gasteiger charge is -2.04. The van der Waals surface area contributed by atoms with Crippen LogP contribution in [0, 0.1) is 0 Å². The number of anilines is 1. The maximum absolute atomic E-state index is 11.0. The van der Waals surface area contributed by atoms with Gasteiger partial charge in [0.05, 0.1) is 11.6 Å². The van der Waals surface area contributed by atoms with E-state index in [9.17, 15) is 9.90 Å². The Balaban J connectivity index is 1.73. The van der Waals surface area contributed by atoms with Gasteiger partial charge in [-0.1, -0.05) is 18.2 Å². The number of hydrogen-bond acceptors (Lipinski definition) is 3. The van der Waals surface area contributed by atoms with Gasteiger partial charge in [0.25, 0.3) is 0 Å². The zero-order chi connectivity index (χ0) is 15.5. The highest BCUT2D eigenvalue weighted by atomic mass is 16.3. The molecule has 0 aliphatic rings. The largest absolute Gasteiger partial charge is 0.507 e. The highest BCUT2D eigenvalue weighted by molar-refractivity contribution is 5.88. The molecule has 4 nitrogen and oxygen atoms in total. The third kappa shape index (κ3) is 2.96. The van der Waals surface area contributed by atoms with Crippen LogP contribution >= 0.6 is 0 Å². The molecular formula is C18H17NO3. The molecule has 1 heterocycles. The molecule has 1 aromatic heterocycles. The van der Waals surface area contributed by atoms with Gasteiger partial charge in [-0.25, -0.2) is 0 Å². The first-order valence-electron chi connectivity index (χ1n) is 7.18. The maximum Gasteiger partial charge on any atom is 0.221 e. The van der Waals surface area contributed by atoms with Gasteiger partial charge in [-0.2, -0.15) is 0 Å². The summed E-state index contributed by atoms with van der Waals surface area (Å²) < 4.78 is 5.47. The Morgan fingerprint density at radius 1 is 1.14 bits per heavy atom. The molecule has 0 saturated carbocycles. The number of furan rings is 1. The average molecular weight is 295 g/mol. The number of rotatable bonds is 4. The SMILES string of the molecule is CC(=O)Nc1ccc(CCc2coc3cccc(O)c23)cc1. The minimum absolute atomic E-state index is 0.0758. The molecule has 22 heavy (non-hydrogen) atoms. The van der Waals surface area contributed by atoms with Crippen molar-refractivity contribution in [2.24, 2.45) is 0 Å². The average Bonchev–Trinajstić information content (AvgIpc) is 2.91. The van der Waals surface area contributed by atoms with Gasteiger partial charge in [0.2, 0.25) is 5.91 Å². The van der Waals surface area contributed by atoms with Gasteiger partial charge >= 0.3 is 0 Å². The van der Waals surface area contributed by atoms with Crippen LogP contribution in [0.3, 0.4) is 0 Å². The molecule has 4 heteroatoms. The zero-order valence-electron chi connectivity index (χ0n) is 12.3. The first-order valence-corrected chi connectivity index (χ1v) is 7.18. The number of benzene rings is 2. The Labute approximate surface area is 128 Å². The number of aryl methyl sites for hydroxylation is 2. The quantitative estimate of drug-likeness (QED) is 0.767. The van der Waals surface area contributed by atoms with Crippen LogP contribution < -0.4 is 5.32 Å². The van der Waals surface area contributed by atoms with E-state index in [1.165, 1.54) is 12.5 Å². The Morgan fingerprint density at radius 2 is 1.91 bits per heavy atom. The molecule has 2 N–H and O–H groups in total.